The molecular formula is C12H14N2O2. The SMILES string of the molecule is CCc1cc(=O)n(-c2ccc(OC)cc2)[nH]1. The number of ether oxygens (including phenoxy) is 1. The number of H-pyrrole nitrogens is 1. The predicted molar refractivity (Wildman–Crippen MR) is 62.3 cm³/mol. The molecule has 0 aliphatic heterocycles. The summed E-state index contributed by atoms with van der Waals surface area (Å²) in [7, 11) is 1.62. The van der Waals surface area contributed by atoms with Gasteiger partial charge in [-0.25, -0.2) is 4.68 Å². The van der Waals surface area contributed by atoms with Gasteiger partial charge >= 0.3 is 0 Å². The third-order valence-electron chi connectivity index (χ3n) is 2.49. The van der Waals surface area contributed by atoms with Gasteiger partial charge < -0.3 is 4.74 Å². The van der Waals surface area contributed by atoms with Crippen LogP contribution < -0.4 is 10.3 Å². The largest absolute Gasteiger partial charge is 0.497 e. The lowest BCUT2D eigenvalue weighted by Gasteiger charge is -2.03. The topological polar surface area (TPSA) is 47.0 Å². The van der Waals surface area contributed by atoms with Crippen LogP contribution in [0.3, 0.4) is 0 Å². The number of aryl methyl sites for hydroxylation is 1. The summed E-state index contributed by atoms with van der Waals surface area (Å²) in [6.45, 7) is 2.00. The van der Waals surface area contributed by atoms with Crippen molar-refractivity contribution in [2.45, 2.75) is 13.3 Å². The Kier molecular flexibility index (Phi) is 2.81. The quantitative estimate of drug-likeness (QED) is 0.853. The zero-order valence-electron chi connectivity index (χ0n) is 9.36. The van der Waals surface area contributed by atoms with Crippen molar-refractivity contribution in [3.63, 3.8) is 0 Å². The molecule has 16 heavy (non-hydrogen) atoms. The van der Waals surface area contributed by atoms with Gasteiger partial charge in [-0.05, 0) is 30.7 Å². The minimum Gasteiger partial charge on any atom is -0.497 e. The summed E-state index contributed by atoms with van der Waals surface area (Å²) in [6.07, 6.45) is 0.818. The summed E-state index contributed by atoms with van der Waals surface area (Å²) >= 11 is 0. The molecule has 0 radical (unpaired) electrons. The van der Waals surface area contributed by atoms with Crippen molar-refractivity contribution >= 4 is 0 Å². The fourth-order valence-electron chi connectivity index (χ4n) is 1.55. The number of nitrogens with one attached hydrogen (secondary N) is 1. The van der Waals surface area contributed by atoms with Crippen LogP contribution >= 0.6 is 0 Å². The molecule has 1 aromatic carbocycles. The summed E-state index contributed by atoms with van der Waals surface area (Å²) in [6, 6.07) is 8.96. The van der Waals surface area contributed by atoms with Gasteiger partial charge in [0.1, 0.15) is 5.75 Å². The van der Waals surface area contributed by atoms with Crippen LogP contribution in [0.5, 0.6) is 5.75 Å². The van der Waals surface area contributed by atoms with Crippen LogP contribution in [0.25, 0.3) is 5.69 Å². The normalized spacial score (nSPS) is 10.4. The molecule has 0 atom stereocenters. The first-order valence-corrected chi connectivity index (χ1v) is 5.20. The third kappa shape index (κ3) is 1.86. The highest BCUT2D eigenvalue weighted by molar-refractivity contribution is 5.36. The molecule has 2 aromatic rings. The van der Waals surface area contributed by atoms with E-state index < -0.39 is 0 Å². The highest BCUT2D eigenvalue weighted by Crippen LogP contribution is 2.13. The average molecular weight is 218 g/mol. The van der Waals surface area contributed by atoms with Crippen LogP contribution in [0.2, 0.25) is 0 Å². The molecule has 2 rings (SSSR count). The van der Waals surface area contributed by atoms with E-state index in [0.717, 1.165) is 23.6 Å². The fourth-order valence-corrected chi connectivity index (χ4v) is 1.55. The second-order valence-corrected chi connectivity index (χ2v) is 3.51. The summed E-state index contributed by atoms with van der Waals surface area (Å²) in [4.78, 5) is 11.7. The lowest BCUT2D eigenvalue weighted by Crippen LogP contribution is -2.13. The van der Waals surface area contributed by atoms with E-state index in [2.05, 4.69) is 5.10 Å². The van der Waals surface area contributed by atoms with Gasteiger partial charge in [-0.3, -0.25) is 9.89 Å². The van der Waals surface area contributed by atoms with Gasteiger partial charge in [0, 0.05) is 11.8 Å². The van der Waals surface area contributed by atoms with Crippen LogP contribution in [0.15, 0.2) is 35.1 Å². The molecule has 0 fully saturated rings. The van der Waals surface area contributed by atoms with Gasteiger partial charge in [0.2, 0.25) is 0 Å². The molecule has 4 heteroatoms. The van der Waals surface area contributed by atoms with E-state index in [1.807, 2.05) is 31.2 Å². The Balaban J connectivity index is 2.42. The minimum atomic E-state index is -0.0398. The minimum absolute atomic E-state index is 0.0398. The van der Waals surface area contributed by atoms with Crippen LogP contribution in [-0.4, -0.2) is 16.9 Å². The van der Waals surface area contributed by atoms with E-state index in [-0.39, 0.29) is 5.56 Å². The molecule has 0 unspecified atom stereocenters. The second-order valence-electron chi connectivity index (χ2n) is 3.51. The Labute approximate surface area is 93.5 Å². The molecule has 1 heterocycles. The van der Waals surface area contributed by atoms with Crippen molar-refractivity contribution in [3.8, 4) is 11.4 Å². The fraction of sp³-hybridized carbons (Fsp3) is 0.250. The van der Waals surface area contributed by atoms with Crippen molar-refractivity contribution < 1.29 is 4.74 Å². The van der Waals surface area contributed by atoms with Gasteiger partial charge in [-0.2, -0.15) is 0 Å². The highest BCUT2D eigenvalue weighted by atomic mass is 16.5. The van der Waals surface area contributed by atoms with E-state index in [0.29, 0.717) is 0 Å². The van der Waals surface area contributed by atoms with E-state index >= 15 is 0 Å². The van der Waals surface area contributed by atoms with E-state index in [1.54, 1.807) is 13.2 Å². The zero-order chi connectivity index (χ0) is 11.5. The van der Waals surface area contributed by atoms with Gasteiger partial charge in [-0.15, -0.1) is 0 Å². The molecule has 1 aromatic heterocycles. The number of nitrogens with zero attached hydrogens (tertiary/aromatic N) is 1. The first-order chi connectivity index (χ1) is 7.74. The van der Waals surface area contributed by atoms with Crippen LogP contribution in [0, 0.1) is 0 Å². The maximum Gasteiger partial charge on any atom is 0.271 e. The molecule has 0 aliphatic carbocycles. The number of hydrogen-bond acceptors (Lipinski definition) is 2. The Morgan fingerprint density at radius 2 is 2.00 bits per heavy atom. The molecule has 0 bridgehead atoms. The molecule has 84 valence electrons. The second kappa shape index (κ2) is 4.26. The van der Waals surface area contributed by atoms with Gasteiger partial charge in [0.15, 0.2) is 0 Å². The van der Waals surface area contributed by atoms with Crippen molar-refractivity contribution in [2.75, 3.05) is 7.11 Å². The maximum atomic E-state index is 11.7. The number of aromatic nitrogens is 2. The van der Waals surface area contributed by atoms with E-state index in [4.69, 9.17) is 4.74 Å². The molecule has 4 nitrogen and oxygen atoms in total. The standard InChI is InChI=1S/C12H14N2O2/c1-3-9-8-12(15)14(13-9)10-4-6-11(16-2)7-5-10/h4-8,13H,3H2,1-2H3. The lowest BCUT2D eigenvalue weighted by molar-refractivity contribution is 0.414. The van der Waals surface area contributed by atoms with E-state index in [1.165, 1.54) is 4.68 Å². The molecule has 0 aliphatic rings. The molecule has 1 N–H and O–H groups in total. The summed E-state index contributed by atoms with van der Waals surface area (Å²) < 4.78 is 6.59. The van der Waals surface area contributed by atoms with Crippen molar-refractivity contribution in [2.24, 2.45) is 0 Å². The molecule has 0 amide bonds. The van der Waals surface area contributed by atoms with Crippen LogP contribution in [-0.2, 0) is 6.42 Å². The number of methoxy groups -OCH3 is 1. The Morgan fingerprint density at radius 3 is 2.50 bits per heavy atom. The highest BCUT2D eigenvalue weighted by Gasteiger charge is 2.03. The Hall–Kier alpha value is -1.97. The van der Waals surface area contributed by atoms with Crippen LogP contribution in [0.4, 0.5) is 0 Å². The molecule has 0 saturated carbocycles. The zero-order valence-corrected chi connectivity index (χ0v) is 9.36. The van der Waals surface area contributed by atoms with E-state index in [9.17, 15) is 4.79 Å². The number of benzene rings is 1. The van der Waals surface area contributed by atoms with Crippen molar-refractivity contribution in [1.82, 2.24) is 9.78 Å². The summed E-state index contributed by atoms with van der Waals surface area (Å²) in [5, 5.41) is 3.05. The average Bonchev–Trinajstić information content (AvgIpc) is 2.71. The number of rotatable bonds is 3. The number of aromatic amines is 1. The lowest BCUT2D eigenvalue weighted by atomic mass is 10.3. The first kappa shape index (κ1) is 10.5. The van der Waals surface area contributed by atoms with Crippen LogP contribution in [0.1, 0.15) is 12.6 Å². The maximum absolute atomic E-state index is 11.7. The van der Waals surface area contributed by atoms with Crippen molar-refractivity contribution in [1.29, 1.82) is 0 Å². The first-order valence-electron chi connectivity index (χ1n) is 5.20. The summed E-state index contributed by atoms with van der Waals surface area (Å²) in [5.41, 5.74) is 1.70. The smallest absolute Gasteiger partial charge is 0.271 e. The van der Waals surface area contributed by atoms with Gasteiger partial charge in [-0.1, -0.05) is 6.92 Å². The van der Waals surface area contributed by atoms with Gasteiger partial charge in [0.25, 0.3) is 5.56 Å². The predicted octanol–water partition coefficient (Wildman–Crippen LogP) is 1.74. The van der Waals surface area contributed by atoms with Gasteiger partial charge in [0.05, 0.1) is 12.8 Å². The molecule has 0 spiro atoms. The Morgan fingerprint density at radius 1 is 1.31 bits per heavy atom. The van der Waals surface area contributed by atoms with Crippen molar-refractivity contribution in [3.05, 3.63) is 46.4 Å². The Bertz CT molecular complexity index is 523. The molecular weight excluding hydrogens is 204 g/mol. The third-order valence-corrected chi connectivity index (χ3v) is 2.49. The monoisotopic (exact) mass is 218 g/mol. The number of hydrogen-bond donors (Lipinski definition) is 1. The molecule has 0 saturated heterocycles. The summed E-state index contributed by atoms with van der Waals surface area (Å²) in [5.74, 6) is 0.777.